The van der Waals surface area contributed by atoms with Crippen LogP contribution in [0.15, 0.2) is 79.4 Å². The number of nitrogens with zero attached hydrogens (tertiary/aromatic N) is 11. The van der Waals surface area contributed by atoms with Gasteiger partial charge in [-0.15, -0.1) is 15.3 Å². The van der Waals surface area contributed by atoms with Gasteiger partial charge in [0.05, 0.1) is 44.7 Å². The number of halogens is 2. The Morgan fingerprint density at radius 1 is 0.754 bits per heavy atom. The lowest BCUT2D eigenvalue weighted by atomic mass is 10.1. The molecule has 6 heterocycles. The minimum Gasteiger partial charge on any atom is -0.441 e. The summed E-state index contributed by atoms with van der Waals surface area (Å²) in [5.41, 5.74) is 2.79. The molecule has 2 saturated heterocycles. The molecule has 2 amide bonds. The summed E-state index contributed by atoms with van der Waals surface area (Å²) < 4.78 is 65.4. The Morgan fingerprint density at radius 2 is 1.28 bits per heavy atom. The van der Waals surface area contributed by atoms with Gasteiger partial charge >= 0.3 is 20.0 Å². The van der Waals surface area contributed by atoms with Crippen molar-refractivity contribution >= 4 is 31.4 Å². The van der Waals surface area contributed by atoms with Crippen molar-refractivity contribution < 1.29 is 46.3 Å². The van der Waals surface area contributed by atoms with E-state index in [4.69, 9.17) is 18.5 Å². The van der Waals surface area contributed by atoms with Crippen LogP contribution in [0.5, 0.6) is 0 Å². The molecule has 2 aliphatic heterocycles. The lowest BCUT2D eigenvalue weighted by Gasteiger charge is -2.17. The number of phosphoric acid groups is 1. The molecule has 1 N–H and O–H groups in total. The van der Waals surface area contributed by atoms with E-state index in [0.29, 0.717) is 34.2 Å². The van der Waals surface area contributed by atoms with E-state index in [1.165, 1.54) is 47.5 Å². The molecule has 3 atom stereocenters. The van der Waals surface area contributed by atoms with E-state index in [1.807, 2.05) is 0 Å². The zero-order valence-electron chi connectivity index (χ0n) is 29.9. The third-order valence-corrected chi connectivity index (χ3v) is 9.79. The number of aryl methyl sites for hydroxylation is 2. The predicted octanol–water partition coefficient (Wildman–Crippen LogP) is 4.56. The first kappa shape index (κ1) is 37.4. The summed E-state index contributed by atoms with van der Waals surface area (Å²) in [6.45, 7) is -1.29. The molecule has 6 aromatic rings. The molecule has 2 aliphatic rings. The number of carbonyl (C=O) groups excluding carboxylic acids is 2. The molecular formula is C35H30F2N11O8P. The Labute approximate surface area is 321 Å². The van der Waals surface area contributed by atoms with E-state index in [-0.39, 0.29) is 35.6 Å². The van der Waals surface area contributed by atoms with Gasteiger partial charge in [0.15, 0.2) is 5.82 Å². The SMILES string of the molecule is Cn1cnc(-c2ccc(-c3ccc(N4C[C@H](COP(=O)(O)OC[C@H]5CN(c6ccc(-c7ccc(-c8nnn(C)n8)nc7)c(F)c6)C(=O)O5)OC4=O)cc3F)cn2)n1. The fourth-order valence-corrected chi connectivity index (χ4v) is 6.84. The van der Waals surface area contributed by atoms with Gasteiger partial charge in [0.25, 0.3) is 0 Å². The van der Waals surface area contributed by atoms with E-state index in [1.54, 1.807) is 49.4 Å². The number of phosphoric ester groups is 1. The Balaban J connectivity index is 0.820. The predicted molar refractivity (Wildman–Crippen MR) is 194 cm³/mol. The molecule has 19 nitrogen and oxygen atoms in total. The first-order chi connectivity index (χ1) is 27.4. The van der Waals surface area contributed by atoms with Crippen LogP contribution in [0.3, 0.4) is 0 Å². The summed E-state index contributed by atoms with van der Waals surface area (Å²) in [5.74, 6) is -0.511. The summed E-state index contributed by atoms with van der Waals surface area (Å²) in [6, 6.07) is 15.0. The molecule has 2 fully saturated rings. The van der Waals surface area contributed by atoms with Gasteiger partial charge in [0, 0.05) is 41.7 Å². The second kappa shape index (κ2) is 15.2. The Morgan fingerprint density at radius 3 is 1.70 bits per heavy atom. The quantitative estimate of drug-likeness (QED) is 0.168. The second-order valence-corrected chi connectivity index (χ2v) is 14.3. The number of hydrogen-bond donors (Lipinski definition) is 1. The van der Waals surface area contributed by atoms with Gasteiger partial charge in [-0.25, -0.2) is 27.9 Å². The Kier molecular flexibility index (Phi) is 9.96. The molecule has 4 aromatic heterocycles. The van der Waals surface area contributed by atoms with Gasteiger partial charge < -0.3 is 14.4 Å². The van der Waals surface area contributed by atoms with Gasteiger partial charge in [0.1, 0.15) is 41.6 Å². The van der Waals surface area contributed by atoms with Crippen LogP contribution < -0.4 is 9.80 Å². The van der Waals surface area contributed by atoms with E-state index in [2.05, 4.69) is 35.5 Å². The maximum atomic E-state index is 15.3. The molecule has 0 bridgehead atoms. The minimum absolute atomic E-state index is 0.113. The van der Waals surface area contributed by atoms with E-state index < -0.39 is 57.1 Å². The van der Waals surface area contributed by atoms with Gasteiger partial charge in [0.2, 0.25) is 5.82 Å². The Hall–Kier alpha value is -6.54. The van der Waals surface area contributed by atoms with Crippen molar-refractivity contribution in [1.82, 2.24) is 44.9 Å². The zero-order valence-corrected chi connectivity index (χ0v) is 30.8. The number of carbonyl (C=O) groups is 2. The number of amides is 2. The summed E-state index contributed by atoms with van der Waals surface area (Å²) in [6.07, 6.45) is 0.867. The van der Waals surface area contributed by atoms with Crippen LogP contribution in [0, 0.1) is 11.6 Å². The fraction of sp³-hybridized carbons (Fsp3) is 0.229. The molecule has 1 unspecified atom stereocenters. The molecule has 0 spiro atoms. The highest BCUT2D eigenvalue weighted by Gasteiger charge is 2.38. The van der Waals surface area contributed by atoms with Crippen LogP contribution in [0.2, 0.25) is 0 Å². The first-order valence-electron chi connectivity index (χ1n) is 17.1. The second-order valence-electron chi connectivity index (χ2n) is 12.8. The van der Waals surface area contributed by atoms with Crippen molar-refractivity contribution in [2.45, 2.75) is 12.2 Å². The number of anilines is 2. The first-order valence-corrected chi connectivity index (χ1v) is 18.6. The number of rotatable bonds is 12. The van der Waals surface area contributed by atoms with Crippen LogP contribution in [0.25, 0.3) is 45.3 Å². The maximum Gasteiger partial charge on any atom is 0.472 e. The molecular weight excluding hydrogens is 771 g/mol. The number of benzene rings is 2. The van der Waals surface area contributed by atoms with Gasteiger partial charge in [-0.05, 0) is 53.7 Å². The minimum atomic E-state index is -4.73. The van der Waals surface area contributed by atoms with E-state index in [0.717, 1.165) is 15.9 Å². The summed E-state index contributed by atoms with van der Waals surface area (Å²) in [7, 11) is -1.38. The van der Waals surface area contributed by atoms with Crippen LogP contribution in [0.1, 0.15) is 0 Å². The van der Waals surface area contributed by atoms with Crippen molar-refractivity contribution in [1.29, 1.82) is 0 Å². The van der Waals surface area contributed by atoms with E-state index >= 15 is 8.78 Å². The van der Waals surface area contributed by atoms with Gasteiger partial charge in [-0.3, -0.25) is 33.5 Å². The van der Waals surface area contributed by atoms with Crippen molar-refractivity contribution in [2.24, 2.45) is 14.1 Å². The number of tetrazole rings is 1. The van der Waals surface area contributed by atoms with Crippen LogP contribution in [-0.2, 0) is 37.2 Å². The molecule has 22 heteroatoms. The highest BCUT2D eigenvalue weighted by atomic mass is 31.2. The molecule has 292 valence electrons. The number of ether oxygens (including phenoxy) is 2. The maximum absolute atomic E-state index is 15.3. The topological polar surface area (TPSA) is 215 Å². The van der Waals surface area contributed by atoms with Crippen molar-refractivity contribution in [2.75, 3.05) is 36.1 Å². The van der Waals surface area contributed by atoms with Crippen molar-refractivity contribution in [3.8, 4) is 45.3 Å². The largest absolute Gasteiger partial charge is 0.472 e. The number of pyridine rings is 2. The van der Waals surface area contributed by atoms with Crippen molar-refractivity contribution in [3.05, 3.63) is 91.0 Å². The fourth-order valence-electron chi connectivity index (χ4n) is 6.06. The average Bonchev–Trinajstić information content (AvgIpc) is 4.01. The van der Waals surface area contributed by atoms with Crippen LogP contribution in [0.4, 0.5) is 29.7 Å². The standard InChI is InChI=1S/C35H30F2N11O8P/c1-45-19-40-32(42-45)30-9-3-20(13-38-30)26-7-5-22(11-28(26)36)47-15-24(55-34(47)49)17-53-57(51,52)54-18-25-16-48(35(50)56-25)23-6-8-27(29(37)12-23)21-4-10-31(39-14-21)33-41-44-46(2)43-33/h3-14,19,24-25H,15-18H2,1-2H3,(H,51,52)/t24-,25-/m1/s1. The lowest BCUT2D eigenvalue weighted by molar-refractivity contribution is 0.0572. The summed E-state index contributed by atoms with van der Waals surface area (Å²) in [4.78, 5) is 52.0. The monoisotopic (exact) mass is 801 g/mol. The highest BCUT2D eigenvalue weighted by Crippen LogP contribution is 2.44. The summed E-state index contributed by atoms with van der Waals surface area (Å²) in [5, 5.41) is 16.0. The van der Waals surface area contributed by atoms with Crippen LogP contribution >= 0.6 is 7.82 Å². The Bertz CT molecular complexity index is 2350. The number of hydrogen-bond acceptors (Lipinski definition) is 14. The van der Waals surface area contributed by atoms with Gasteiger partial charge in [-0.2, -0.15) is 4.80 Å². The lowest BCUT2D eigenvalue weighted by Crippen LogP contribution is -2.26. The average molecular weight is 802 g/mol. The molecule has 0 radical (unpaired) electrons. The van der Waals surface area contributed by atoms with E-state index in [9.17, 15) is 19.0 Å². The molecule has 57 heavy (non-hydrogen) atoms. The normalized spacial score (nSPS) is 17.8. The smallest absolute Gasteiger partial charge is 0.441 e. The van der Waals surface area contributed by atoms with Crippen LogP contribution in [-0.4, -0.2) is 101 Å². The third kappa shape index (κ3) is 8.07. The zero-order chi connectivity index (χ0) is 39.8. The van der Waals surface area contributed by atoms with Gasteiger partial charge in [-0.1, -0.05) is 12.1 Å². The highest BCUT2D eigenvalue weighted by molar-refractivity contribution is 7.47. The van der Waals surface area contributed by atoms with Crippen molar-refractivity contribution in [3.63, 3.8) is 0 Å². The number of cyclic esters (lactones) is 2. The molecule has 0 aliphatic carbocycles. The molecule has 8 rings (SSSR count). The number of aromatic nitrogens is 9. The third-order valence-electron chi connectivity index (χ3n) is 8.84. The molecule has 2 aromatic carbocycles. The summed E-state index contributed by atoms with van der Waals surface area (Å²) >= 11 is 0. The molecule has 0 saturated carbocycles.